The molecule has 164 valence electrons. The molecule has 3 aromatic heterocycles. The van der Waals surface area contributed by atoms with E-state index in [0.717, 1.165) is 41.1 Å². The highest BCUT2D eigenvalue weighted by Crippen LogP contribution is 2.30. The third-order valence-electron chi connectivity index (χ3n) is 5.23. The van der Waals surface area contributed by atoms with Gasteiger partial charge in [-0.2, -0.15) is 0 Å². The molecule has 0 radical (unpaired) electrons. The van der Waals surface area contributed by atoms with Crippen LogP contribution in [0.25, 0.3) is 22.3 Å². The van der Waals surface area contributed by atoms with Gasteiger partial charge in [-0.05, 0) is 51.5 Å². The van der Waals surface area contributed by atoms with Gasteiger partial charge in [-0.1, -0.05) is 0 Å². The molecule has 7 nitrogen and oxygen atoms in total. The summed E-state index contributed by atoms with van der Waals surface area (Å²) in [5, 5.41) is 1.14. The number of carbonyl (C=O) groups excluding carboxylic acids is 1. The zero-order chi connectivity index (χ0) is 22.2. The topological polar surface area (TPSA) is 63.5 Å². The molecular weight excluding hydrogens is 525 g/mol. The lowest BCUT2D eigenvalue weighted by atomic mass is 10.1. The maximum atomic E-state index is 12.3. The van der Waals surface area contributed by atoms with Crippen molar-refractivity contribution in [2.24, 2.45) is 0 Å². The molecule has 1 amide bonds. The van der Waals surface area contributed by atoms with E-state index in [-0.39, 0.29) is 6.09 Å². The number of pyridine rings is 2. The Balaban J connectivity index is 1.44. The van der Waals surface area contributed by atoms with Crippen molar-refractivity contribution in [2.45, 2.75) is 33.3 Å². The number of fused-ring (bicyclic) bond motifs is 1. The van der Waals surface area contributed by atoms with Crippen LogP contribution < -0.4 is 4.90 Å². The van der Waals surface area contributed by atoms with Crippen LogP contribution in [0.3, 0.4) is 0 Å². The number of halogens is 1. The van der Waals surface area contributed by atoms with Crippen molar-refractivity contribution in [3.05, 3.63) is 42.4 Å². The van der Waals surface area contributed by atoms with Crippen molar-refractivity contribution in [3.63, 3.8) is 0 Å². The first-order valence-corrected chi connectivity index (χ1v) is 13.5. The van der Waals surface area contributed by atoms with E-state index in [1.165, 1.54) is 5.56 Å². The molecule has 4 rings (SSSR count). The van der Waals surface area contributed by atoms with Gasteiger partial charge in [0.15, 0.2) is 5.65 Å². The van der Waals surface area contributed by atoms with Gasteiger partial charge in [0.25, 0.3) is 0 Å². The van der Waals surface area contributed by atoms with E-state index in [9.17, 15) is 4.79 Å². The Labute approximate surface area is 198 Å². The molecule has 0 unspecified atom stereocenters. The van der Waals surface area contributed by atoms with E-state index in [4.69, 9.17) is 4.74 Å². The maximum Gasteiger partial charge on any atom is 0.410 e. The predicted octanol–water partition coefficient (Wildman–Crippen LogP) is 5.31. The lowest BCUT2D eigenvalue weighted by molar-refractivity contribution is 0.0240. The predicted molar refractivity (Wildman–Crippen MR) is 135 cm³/mol. The monoisotopic (exact) mass is 551 g/mol. The van der Waals surface area contributed by atoms with Crippen molar-refractivity contribution >= 4 is 53.1 Å². The van der Waals surface area contributed by atoms with Crippen molar-refractivity contribution in [1.82, 2.24) is 18.8 Å². The Bertz CT molecular complexity index is 1090. The second kappa shape index (κ2) is 8.85. The van der Waals surface area contributed by atoms with Crippen LogP contribution in [-0.2, 0) is 4.74 Å². The van der Waals surface area contributed by atoms with Crippen LogP contribution in [-0.4, -0.2) is 56.7 Å². The smallest absolute Gasteiger partial charge is 0.410 e. The van der Waals surface area contributed by atoms with E-state index in [1.807, 2.05) is 39.2 Å². The molecule has 4 heterocycles. The summed E-state index contributed by atoms with van der Waals surface area (Å²) < 4.78 is 7.55. The zero-order valence-corrected chi connectivity index (χ0v) is 21.1. The molecule has 0 aliphatic carbocycles. The summed E-state index contributed by atoms with van der Waals surface area (Å²) in [6.07, 6.45) is 5.65. The molecule has 0 atom stereocenters. The largest absolute Gasteiger partial charge is 0.444 e. The Morgan fingerprint density at radius 1 is 1.13 bits per heavy atom. The molecule has 31 heavy (non-hydrogen) atoms. The minimum absolute atomic E-state index is 0.242. The van der Waals surface area contributed by atoms with Crippen molar-refractivity contribution in [3.8, 4) is 11.3 Å². The fourth-order valence-corrected chi connectivity index (χ4v) is 4.95. The standard InChI is InChI=1S/C22H26IN5O2S/c1-15-14-28(31-23)20-18(15)11-16(12-25-20)19-6-5-17(13-24-19)26-7-9-27(10-8-26)21(29)30-22(2,3)4/h5-6,11-14H,7-10H2,1-4H3. The van der Waals surface area contributed by atoms with Crippen molar-refractivity contribution in [2.75, 3.05) is 31.1 Å². The molecule has 1 aliphatic rings. The highest BCUT2D eigenvalue weighted by Gasteiger charge is 2.26. The van der Waals surface area contributed by atoms with Gasteiger partial charge in [-0.3, -0.25) is 8.96 Å². The summed E-state index contributed by atoms with van der Waals surface area (Å²) in [5.74, 6) is 0. The van der Waals surface area contributed by atoms with Crippen LogP contribution in [0, 0.1) is 6.92 Å². The summed E-state index contributed by atoms with van der Waals surface area (Å²) in [6.45, 7) is 10.6. The number of rotatable bonds is 3. The second-order valence-corrected chi connectivity index (χ2v) is 10.4. The number of aryl methyl sites for hydroxylation is 1. The molecular formula is C22H26IN5O2S. The highest BCUT2D eigenvalue weighted by atomic mass is 127. The lowest BCUT2D eigenvalue weighted by Gasteiger charge is -2.36. The first-order valence-electron chi connectivity index (χ1n) is 10.2. The second-order valence-electron chi connectivity index (χ2n) is 8.66. The molecule has 0 aromatic carbocycles. The number of aromatic nitrogens is 3. The van der Waals surface area contributed by atoms with Gasteiger partial charge >= 0.3 is 6.09 Å². The van der Waals surface area contributed by atoms with Gasteiger partial charge in [0.2, 0.25) is 0 Å². The lowest BCUT2D eigenvalue weighted by Crippen LogP contribution is -2.50. The number of amides is 1. The fourth-order valence-electron chi connectivity index (χ4n) is 3.64. The number of anilines is 1. The number of hydrogen-bond acceptors (Lipinski definition) is 6. The first-order chi connectivity index (χ1) is 14.7. The third kappa shape index (κ3) is 4.92. The Hall–Kier alpha value is -2.01. The van der Waals surface area contributed by atoms with Gasteiger partial charge in [-0.15, -0.1) is 0 Å². The number of nitrogens with zero attached hydrogens (tertiary/aromatic N) is 5. The number of carbonyl (C=O) groups is 1. The minimum Gasteiger partial charge on any atom is -0.444 e. The van der Waals surface area contributed by atoms with Crippen molar-refractivity contribution in [1.29, 1.82) is 0 Å². The van der Waals surface area contributed by atoms with Crippen LogP contribution in [0.5, 0.6) is 0 Å². The molecule has 0 bridgehead atoms. The summed E-state index contributed by atoms with van der Waals surface area (Å²) in [7, 11) is 1.61. The Kier molecular flexibility index (Phi) is 6.34. The number of ether oxygens (including phenoxy) is 1. The Morgan fingerprint density at radius 2 is 1.87 bits per heavy atom. The van der Waals surface area contributed by atoms with Crippen LogP contribution in [0.15, 0.2) is 36.8 Å². The normalized spacial score (nSPS) is 14.9. The van der Waals surface area contributed by atoms with E-state index in [2.05, 4.69) is 65.3 Å². The van der Waals surface area contributed by atoms with E-state index < -0.39 is 5.60 Å². The van der Waals surface area contributed by atoms with Gasteiger partial charge in [0, 0.05) is 79.8 Å². The van der Waals surface area contributed by atoms with E-state index >= 15 is 0 Å². The Morgan fingerprint density at radius 3 is 2.48 bits per heavy atom. The summed E-state index contributed by atoms with van der Waals surface area (Å²) in [5.41, 5.74) is 4.67. The van der Waals surface area contributed by atoms with Crippen LogP contribution in [0.2, 0.25) is 0 Å². The van der Waals surface area contributed by atoms with Crippen LogP contribution >= 0.6 is 30.3 Å². The SMILES string of the molecule is Cc1cn(SI)c2ncc(-c3ccc(N4CCN(C(=O)OC(C)(C)C)CC4)cn3)cc12. The highest BCUT2D eigenvalue weighted by molar-refractivity contribution is 14.2. The molecule has 0 saturated carbocycles. The summed E-state index contributed by atoms with van der Waals surface area (Å²) >= 11 is 2.26. The van der Waals surface area contributed by atoms with Gasteiger partial charge in [-0.25, -0.2) is 9.78 Å². The van der Waals surface area contributed by atoms with Gasteiger partial charge in [0.05, 0.1) is 17.6 Å². The molecule has 1 aliphatic heterocycles. The average Bonchev–Trinajstić information content (AvgIpc) is 3.08. The molecule has 1 fully saturated rings. The summed E-state index contributed by atoms with van der Waals surface area (Å²) in [4.78, 5) is 25.6. The fraction of sp³-hybridized carbons (Fsp3) is 0.409. The minimum atomic E-state index is -0.470. The van der Waals surface area contributed by atoms with E-state index in [1.54, 1.807) is 14.0 Å². The average molecular weight is 551 g/mol. The van der Waals surface area contributed by atoms with Crippen molar-refractivity contribution < 1.29 is 9.53 Å². The molecule has 9 heteroatoms. The third-order valence-corrected chi connectivity index (χ3v) is 6.93. The number of piperazine rings is 1. The molecule has 1 saturated heterocycles. The summed E-state index contributed by atoms with van der Waals surface area (Å²) in [6, 6.07) is 6.29. The molecule has 0 N–H and O–H groups in total. The quantitative estimate of drug-likeness (QED) is 0.412. The zero-order valence-electron chi connectivity index (χ0n) is 18.1. The van der Waals surface area contributed by atoms with E-state index in [0.29, 0.717) is 13.1 Å². The van der Waals surface area contributed by atoms with Crippen LogP contribution in [0.4, 0.5) is 10.5 Å². The van der Waals surface area contributed by atoms with Gasteiger partial charge in [0.1, 0.15) is 5.60 Å². The maximum absolute atomic E-state index is 12.3. The van der Waals surface area contributed by atoms with Crippen LogP contribution in [0.1, 0.15) is 26.3 Å². The van der Waals surface area contributed by atoms with Gasteiger partial charge < -0.3 is 14.5 Å². The number of hydrogen-bond donors (Lipinski definition) is 0. The molecule has 3 aromatic rings. The first kappa shape index (κ1) is 22.2. The molecule has 0 spiro atoms.